The van der Waals surface area contributed by atoms with E-state index in [1.807, 2.05) is 13.8 Å². The average Bonchev–Trinajstić information content (AvgIpc) is 2.29. The van der Waals surface area contributed by atoms with Crippen molar-refractivity contribution in [3.63, 3.8) is 0 Å². The van der Waals surface area contributed by atoms with E-state index in [1.165, 1.54) is 0 Å². The molecule has 0 saturated carbocycles. The van der Waals surface area contributed by atoms with Gasteiger partial charge < -0.3 is 10.6 Å². The highest BCUT2D eigenvalue weighted by molar-refractivity contribution is 7.84. The Morgan fingerprint density at radius 1 is 1.35 bits per heavy atom. The third kappa shape index (κ3) is 5.12. The first-order valence-corrected chi connectivity index (χ1v) is 7.37. The zero-order valence-corrected chi connectivity index (χ0v) is 11.4. The summed E-state index contributed by atoms with van der Waals surface area (Å²) in [5.74, 6) is 1.52. The molecule has 0 fully saturated rings. The summed E-state index contributed by atoms with van der Waals surface area (Å²) < 4.78 is 11.2. The molecule has 1 heterocycles. The average molecular weight is 256 g/mol. The molecule has 0 aromatic carbocycles. The predicted molar refractivity (Wildman–Crippen MR) is 72.8 cm³/mol. The molecule has 1 aromatic heterocycles. The molecule has 0 saturated heterocycles. The number of nitrogens with one attached hydrogen (secondary N) is 2. The van der Waals surface area contributed by atoms with Crippen molar-refractivity contribution in [3.8, 4) is 0 Å². The monoisotopic (exact) mass is 256 g/mol. The first kappa shape index (κ1) is 13.9. The normalized spacial score (nSPS) is 14.1. The minimum Gasteiger partial charge on any atom is -0.369 e. The van der Waals surface area contributed by atoms with Gasteiger partial charge in [0.2, 0.25) is 0 Å². The van der Waals surface area contributed by atoms with Gasteiger partial charge in [-0.05, 0) is 13.3 Å². The molecule has 6 heteroatoms. The molecule has 5 nitrogen and oxygen atoms in total. The molecule has 0 radical (unpaired) electrons. The lowest BCUT2D eigenvalue weighted by Crippen LogP contribution is -2.15. The van der Waals surface area contributed by atoms with E-state index in [0.29, 0.717) is 0 Å². The summed E-state index contributed by atoms with van der Waals surface area (Å²) in [6, 6.07) is 0. The topological polar surface area (TPSA) is 66.9 Å². The van der Waals surface area contributed by atoms with Crippen LogP contribution in [-0.4, -0.2) is 38.8 Å². The van der Waals surface area contributed by atoms with Gasteiger partial charge in [-0.2, -0.15) is 0 Å². The van der Waals surface area contributed by atoms with E-state index >= 15 is 0 Å². The van der Waals surface area contributed by atoms with Crippen molar-refractivity contribution in [2.75, 3.05) is 30.0 Å². The Morgan fingerprint density at radius 2 is 2.00 bits per heavy atom. The lowest BCUT2D eigenvalue weighted by atomic mass is 10.3. The minimum absolute atomic E-state index is 0.201. The molecule has 0 aliphatic heterocycles. The molecule has 2 N–H and O–H groups in total. The molecule has 2 atom stereocenters. The van der Waals surface area contributed by atoms with Gasteiger partial charge >= 0.3 is 0 Å². The van der Waals surface area contributed by atoms with Gasteiger partial charge in [0.15, 0.2) is 0 Å². The highest BCUT2D eigenvalue weighted by Crippen LogP contribution is 2.07. The van der Waals surface area contributed by atoms with Gasteiger partial charge in [-0.3, -0.25) is 9.19 Å². The Kier molecular flexibility index (Phi) is 5.90. The molecule has 1 aromatic rings. The summed E-state index contributed by atoms with van der Waals surface area (Å²) in [4.78, 5) is 8.43. The molecule has 96 valence electrons. The largest absolute Gasteiger partial charge is 0.369 e. The Bertz CT molecular complexity index is 372. The smallest absolute Gasteiger partial charge is 0.146 e. The second kappa shape index (κ2) is 7.21. The minimum atomic E-state index is -0.764. The zero-order chi connectivity index (χ0) is 12.7. The highest BCUT2D eigenvalue weighted by atomic mass is 32.2. The fourth-order valence-corrected chi connectivity index (χ4v) is 1.74. The molecular formula is C11H20N4OS. The van der Waals surface area contributed by atoms with Crippen LogP contribution in [0.1, 0.15) is 20.3 Å². The quantitative estimate of drug-likeness (QED) is 0.773. The van der Waals surface area contributed by atoms with Gasteiger partial charge in [-0.15, -0.1) is 0 Å². The second-order valence-electron chi connectivity index (χ2n) is 3.84. The van der Waals surface area contributed by atoms with Crippen LogP contribution in [0.2, 0.25) is 0 Å². The Morgan fingerprint density at radius 3 is 2.59 bits per heavy atom. The molecule has 0 aliphatic carbocycles. The van der Waals surface area contributed by atoms with Crippen LogP contribution >= 0.6 is 0 Å². The maximum atomic E-state index is 11.2. The standard InChI is InChI=1S/C11H20N4OS/c1-4-13-10-7-12-8-11(15-10)14-6-5-9(2)17(3)16/h7-9H,4-6H2,1-3H3,(H2,13,14,15). The summed E-state index contributed by atoms with van der Waals surface area (Å²) in [7, 11) is -0.764. The fourth-order valence-electron chi connectivity index (χ4n) is 1.29. The molecular weight excluding hydrogens is 236 g/mol. The molecule has 0 bridgehead atoms. The van der Waals surface area contributed by atoms with Crippen molar-refractivity contribution in [3.05, 3.63) is 12.4 Å². The summed E-state index contributed by atoms with van der Waals surface area (Å²) in [5, 5.41) is 6.49. The van der Waals surface area contributed by atoms with Crippen LogP contribution in [0.15, 0.2) is 12.4 Å². The summed E-state index contributed by atoms with van der Waals surface area (Å²) in [6.07, 6.45) is 5.97. The van der Waals surface area contributed by atoms with Crippen molar-refractivity contribution >= 4 is 22.4 Å². The van der Waals surface area contributed by atoms with Crippen LogP contribution in [-0.2, 0) is 10.8 Å². The van der Waals surface area contributed by atoms with Crippen molar-refractivity contribution in [2.45, 2.75) is 25.5 Å². The second-order valence-corrected chi connectivity index (χ2v) is 5.65. The van der Waals surface area contributed by atoms with Crippen LogP contribution in [0, 0.1) is 0 Å². The molecule has 1 rings (SSSR count). The molecule has 17 heavy (non-hydrogen) atoms. The van der Waals surface area contributed by atoms with E-state index < -0.39 is 10.8 Å². The Hall–Kier alpha value is -1.17. The van der Waals surface area contributed by atoms with Gasteiger partial charge in [0.25, 0.3) is 0 Å². The van der Waals surface area contributed by atoms with Gasteiger partial charge in [-0.1, -0.05) is 6.92 Å². The van der Waals surface area contributed by atoms with Crippen LogP contribution < -0.4 is 10.6 Å². The van der Waals surface area contributed by atoms with Crippen LogP contribution in [0.4, 0.5) is 11.6 Å². The molecule has 0 aliphatic rings. The Labute approximate surface area is 105 Å². The third-order valence-corrected chi connectivity index (χ3v) is 3.79. The first-order valence-electron chi connectivity index (χ1n) is 5.75. The summed E-state index contributed by atoms with van der Waals surface area (Å²) in [5.41, 5.74) is 0. The number of hydrogen-bond acceptors (Lipinski definition) is 5. The van der Waals surface area contributed by atoms with Crippen LogP contribution in [0.3, 0.4) is 0 Å². The summed E-state index contributed by atoms with van der Waals surface area (Å²) in [6.45, 7) is 5.58. The van der Waals surface area contributed by atoms with E-state index in [-0.39, 0.29) is 5.25 Å². The van der Waals surface area contributed by atoms with Crippen molar-refractivity contribution in [1.82, 2.24) is 9.97 Å². The third-order valence-electron chi connectivity index (χ3n) is 2.42. The van der Waals surface area contributed by atoms with E-state index in [2.05, 4.69) is 20.6 Å². The number of aromatic nitrogens is 2. The Balaban J connectivity index is 2.41. The first-order chi connectivity index (χ1) is 8.13. The van der Waals surface area contributed by atoms with Crippen LogP contribution in [0.25, 0.3) is 0 Å². The zero-order valence-electron chi connectivity index (χ0n) is 10.6. The van der Waals surface area contributed by atoms with E-state index in [0.717, 1.165) is 31.1 Å². The number of hydrogen-bond donors (Lipinski definition) is 2. The van der Waals surface area contributed by atoms with Crippen molar-refractivity contribution < 1.29 is 4.21 Å². The summed E-state index contributed by atoms with van der Waals surface area (Å²) >= 11 is 0. The maximum Gasteiger partial charge on any atom is 0.146 e. The lowest BCUT2D eigenvalue weighted by Gasteiger charge is -2.10. The van der Waals surface area contributed by atoms with Crippen molar-refractivity contribution in [1.29, 1.82) is 0 Å². The number of rotatable bonds is 7. The van der Waals surface area contributed by atoms with Crippen molar-refractivity contribution in [2.24, 2.45) is 0 Å². The molecule has 0 amide bonds. The van der Waals surface area contributed by atoms with E-state index in [9.17, 15) is 4.21 Å². The van der Waals surface area contributed by atoms with Gasteiger partial charge in [0.1, 0.15) is 11.6 Å². The fraction of sp³-hybridized carbons (Fsp3) is 0.636. The van der Waals surface area contributed by atoms with Gasteiger partial charge in [0, 0.05) is 35.4 Å². The highest BCUT2D eigenvalue weighted by Gasteiger charge is 2.05. The molecule has 0 spiro atoms. The van der Waals surface area contributed by atoms with E-state index in [1.54, 1.807) is 18.6 Å². The lowest BCUT2D eigenvalue weighted by molar-refractivity contribution is 0.672. The van der Waals surface area contributed by atoms with Gasteiger partial charge in [0.05, 0.1) is 12.4 Å². The van der Waals surface area contributed by atoms with E-state index in [4.69, 9.17) is 0 Å². The molecule has 2 unspecified atom stereocenters. The van der Waals surface area contributed by atoms with Crippen LogP contribution in [0.5, 0.6) is 0 Å². The SMILES string of the molecule is CCNc1cncc(NCCC(C)S(C)=O)n1. The predicted octanol–water partition coefficient (Wildman–Crippen LogP) is 1.48. The maximum absolute atomic E-state index is 11.2. The van der Waals surface area contributed by atoms with Gasteiger partial charge in [-0.25, -0.2) is 4.98 Å². The number of anilines is 2. The number of nitrogens with zero attached hydrogens (tertiary/aromatic N) is 2.